The lowest BCUT2D eigenvalue weighted by molar-refractivity contribution is 0.0303. The Labute approximate surface area is 176 Å². The molecule has 4 rings (SSSR count). The van der Waals surface area contributed by atoms with Crippen LogP contribution in [0.1, 0.15) is 52.8 Å². The molecule has 2 aliphatic rings. The average molecular weight is 409 g/mol. The molecule has 7 nitrogen and oxygen atoms in total. The number of nitrogens with one attached hydrogen (secondary N) is 1. The van der Waals surface area contributed by atoms with Crippen LogP contribution < -0.4 is 11.1 Å². The number of nitrogens with two attached hydrogens (primary N) is 1. The summed E-state index contributed by atoms with van der Waals surface area (Å²) in [6.45, 7) is 2.31. The highest BCUT2D eigenvalue weighted by molar-refractivity contribution is 6.00. The molecule has 0 spiro atoms. The van der Waals surface area contributed by atoms with Gasteiger partial charge in [0.15, 0.2) is 0 Å². The maximum absolute atomic E-state index is 12.8. The number of morpholine rings is 1. The van der Waals surface area contributed by atoms with Gasteiger partial charge in [0.2, 0.25) is 0 Å². The van der Waals surface area contributed by atoms with E-state index >= 15 is 0 Å². The number of aromatic nitrogens is 1. The Balaban J connectivity index is 1.54. The van der Waals surface area contributed by atoms with Crippen molar-refractivity contribution in [2.75, 3.05) is 32.0 Å². The first-order valence-corrected chi connectivity index (χ1v) is 10.7. The molecule has 0 bridgehead atoms. The number of nitrogens with zero attached hydrogens (tertiary/aromatic N) is 2. The largest absolute Gasteiger partial charge is 0.383 e. The summed E-state index contributed by atoms with van der Waals surface area (Å²) in [4.78, 5) is 31.6. The van der Waals surface area contributed by atoms with Gasteiger partial charge < -0.3 is 20.7 Å². The Morgan fingerprint density at radius 3 is 2.60 bits per heavy atom. The van der Waals surface area contributed by atoms with Gasteiger partial charge in [0.1, 0.15) is 5.82 Å². The molecule has 1 saturated carbocycles. The van der Waals surface area contributed by atoms with Gasteiger partial charge >= 0.3 is 0 Å². The molecule has 2 heterocycles. The molecule has 2 amide bonds. The maximum atomic E-state index is 12.8. The number of amides is 2. The van der Waals surface area contributed by atoms with Crippen LogP contribution in [0.25, 0.3) is 11.1 Å². The Hall–Kier alpha value is -2.93. The van der Waals surface area contributed by atoms with Crippen molar-refractivity contribution in [3.63, 3.8) is 0 Å². The summed E-state index contributed by atoms with van der Waals surface area (Å²) in [5.41, 5.74) is 8.58. The number of carbonyl (C=O) groups is 2. The van der Waals surface area contributed by atoms with E-state index < -0.39 is 0 Å². The Morgan fingerprint density at radius 2 is 1.83 bits per heavy atom. The summed E-state index contributed by atoms with van der Waals surface area (Å²) in [7, 11) is 0. The second-order valence-corrected chi connectivity index (χ2v) is 7.95. The Bertz CT molecular complexity index is 918. The molecular weight excluding hydrogens is 380 g/mol. The summed E-state index contributed by atoms with van der Waals surface area (Å²) in [5.74, 6) is 0.0146. The molecule has 1 aromatic carbocycles. The fraction of sp³-hybridized carbons (Fsp3) is 0.435. The van der Waals surface area contributed by atoms with Crippen molar-refractivity contribution in [1.29, 1.82) is 0 Å². The topological polar surface area (TPSA) is 97.6 Å². The SMILES string of the molecule is Nc1ncc(-c2cccc(C(=O)N3CCOCC3)c2)cc1C(=O)NC1CCCCC1. The van der Waals surface area contributed by atoms with Gasteiger partial charge in [-0.1, -0.05) is 31.4 Å². The van der Waals surface area contributed by atoms with Gasteiger partial charge in [-0.05, 0) is 36.6 Å². The van der Waals surface area contributed by atoms with Crippen molar-refractivity contribution in [2.24, 2.45) is 0 Å². The summed E-state index contributed by atoms with van der Waals surface area (Å²) < 4.78 is 5.33. The molecule has 7 heteroatoms. The fourth-order valence-corrected chi connectivity index (χ4v) is 4.11. The number of hydrogen-bond donors (Lipinski definition) is 2. The van der Waals surface area contributed by atoms with Crippen molar-refractivity contribution in [2.45, 2.75) is 38.1 Å². The van der Waals surface area contributed by atoms with Crippen LogP contribution in [0.4, 0.5) is 5.82 Å². The molecule has 2 aromatic rings. The predicted octanol–water partition coefficient (Wildman–Crippen LogP) is 2.87. The lowest BCUT2D eigenvalue weighted by Gasteiger charge is -2.27. The van der Waals surface area contributed by atoms with Crippen molar-refractivity contribution < 1.29 is 14.3 Å². The van der Waals surface area contributed by atoms with E-state index in [9.17, 15) is 9.59 Å². The minimum Gasteiger partial charge on any atom is -0.383 e. The molecule has 1 aliphatic carbocycles. The fourth-order valence-electron chi connectivity index (χ4n) is 4.11. The summed E-state index contributed by atoms with van der Waals surface area (Å²) >= 11 is 0. The van der Waals surface area contributed by atoms with Crippen LogP contribution in [0.2, 0.25) is 0 Å². The van der Waals surface area contributed by atoms with E-state index in [4.69, 9.17) is 10.5 Å². The number of nitrogen functional groups attached to an aromatic ring is 1. The molecule has 30 heavy (non-hydrogen) atoms. The summed E-state index contributed by atoms with van der Waals surface area (Å²) in [6.07, 6.45) is 7.16. The second-order valence-electron chi connectivity index (χ2n) is 7.95. The van der Waals surface area contributed by atoms with Crippen molar-refractivity contribution in [1.82, 2.24) is 15.2 Å². The molecule has 3 N–H and O–H groups in total. The molecule has 0 radical (unpaired) electrons. The van der Waals surface area contributed by atoms with Crippen LogP contribution in [0.15, 0.2) is 36.5 Å². The van der Waals surface area contributed by atoms with E-state index in [0.29, 0.717) is 37.4 Å². The lowest BCUT2D eigenvalue weighted by Crippen LogP contribution is -2.40. The number of carbonyl (C=O) groups excluding carboxylic acids is 2. The van der Waals surface area contributed by atoms with Crippen LogP contribution in [0.3, 0.4) is 0 Å². The van der Waals surface area contributed by atoms with E-state index in [1.807, 2.05) is 24.3 Å². The number of pyridine rings is 1. The van der Waals surface area contributed by atoms with Crippen LogP contribution in [0, 0.1) is 0 Å². The lowest BCUT2D eigenvalue weighted by atomic mass is 9.95. The zero-order valence-electron chi connectivity index (χ0n) is 17.1. The number of rotatable bonds is 4. The van der Waals surface area contributed by atoms with Gasteiger partial charge in [0.25, 0.3) is 11.8 Å². The van der Waals surface area contributed by atoms with Crippen molar-refractivity contribution in [3.05, 3.63) is 47.7 Å². The maximum Gasteiger partial charge on any atom is 0.255 e. The third-order valence-corrected chi connectivity index (χ3v) is 5.84. The van der Waals surface area contributed by atoms with Crippen LogP contribution in [-0.4, -0.2) is 54.0 Å². The van der Waals surface area contributed by atoms with Gasteiger partial charge in [-0.2, -0.15) is 0 Å². The smallest absolute Gasteiger partial charge is 0.255 e. The van der Waals surface area contributed by atoms with Gasteiger partial charge in [-0.15, -0.1) is 0 Å². The third kappa shape index (κ3) is 4.62. The normalized spacial score (nSPS) is 17.5. The highest BCUT2D eigenvalue weighted by Crippen LogP contribution is 2.25. The monoisotopic (exact) mass is 408 g/mol. The van der Waals surface area contributed by atoms with E-state index in [1.165, 1.54) is 6.42 Å². The average Bonchev–Trinajstić information content (AvgIpc) is 2.80. The Kier molecular flexibility index (Phi) is 6.28. The molecule has 1 aliphatic heterocycles. The van der Waals surface area contributed by atoms with Gasteiger partial charge in [0, 0.05) is 36.5 Å². The van der Waals surface area contributed by atoms with Crippen molar-refractivity contribution >= 4 is 17.6 Å². The van der Waals surface area contributed by atoms with Gasteiger partial charge in [-0.3, -0.25) is 9.59 Å². The van der Waals surface area contributed by atoms with Gasteiger partial charge in [0.05, 0.1) is 18.8 Å². The van der Waals surface area contributed by atoms with E-state index in [1.54, 1.807) is 17.2 Å². The molecule has 1 aromatic heterocycles. The van der Waals surface area contributed by atoms with E-state index in [2.05, 4.69) is 10.3 Å². The number of hydrogen-bond acceptors (Lipinski definition) is 5. The first-order valence-electron chi connectivity index (χ1n) is 10.7. The molecule has 2 fully saturated rings. The highest BCUT2D eigenvalue weighted by atomic mass is 16.5. The predicted molar refractivity (Wildman–Crippen MR) is 115 cm³/mol. The quantitative estimate of drug-likeness (QED) is 0.811. The molecule has 0 unspecified atom stereocenters. The first kappa shape index (κ1) is 20.3. The first-order chi connectivity index (χ1) is 14.6. The summed E-state index contributed by atoms with van der Waals surface area (Å²) in [5, 5.41) is 3.10. The molecule has 1 saturated heterocycles. The minimum absolute atomic E-state index is 0.0150. The number of ether oxygens (including phenoxy) is 1. The zero-order chi connectivity index (χ0) is 20.9. The third-order valence-electron chi connectivity index (χ3n) is 5.84. The second kappa shape index (κ2) is 9.26. The van der Waals surface area contributed by atoms with Crippen LogP contribution in [0.5, 0.6) is 0 Å². The molecule has 158 valence electrons. The van der Waals surface area contributed by atoms with E-state index in [0.717, 1.165) is 36.8 Å². The zero-order valence-corrected chi connectivity index (χ0v) is 17.1. The number of benzene rings is 1. The standard InChI is InChI=1S/C23H28N4O3/c24-21-20(22(28)26-19-7-2-1-3-8-19)14-18(15-25-21)16-5-4-6-17(13-16)23(29)27-9-11-30-12-10-27/h4-6,13-15,19H,1-3,7-12H2,(H2,24,25)(H,26,28). The highest BCUT2D eigenvalue weighted by Gasteiger charge is 2.21. The van der Waals surface area contributed by atoms with E-state index in [-0.39, 0.29) is 23.7 Å². The van der Waals surface area contributed by atoms with Crippen LogP contribution >= 0.6 is 0 Å². The number of anilines is 1. The molecule has 0 atom stereocenters. The van der Waals surface area contributed by atoms with Crippen molar-refractivity contribution in [3.8, 4) is 11.1 Å². The van der Waals surface area contributed by atoms with Gasteiger partial charge in [-0.25, -0.2) is 4.98 Å². The van der Waals surface area contributed by atoms with Crippen LogP contribution in [-0.2, 0) is 4.74 Å². The summed E-state index contributed by atoms with van der Waals surface area (Å²) in [6, 6.07) is 9.37. The molecular formula is C23H28N4O3. The minimum atomic E-state index is -0.186. The Morgan fingerprint density at radius 1 is 1.07 bits per heavy atom.